The topological polar surface area (TPSA) is 78.9 Å². The Bertz CT molecular complexity index is 499. The highest BCUT2D eigenvalue weighted by Crippen LogP contribution is 2.21. The number of rotatable bonds is 6. The van der Waals surface area contributed by atoms with Crippen molar-refractivity contribution in [1.29, 1.82) is 0 Å². The monoisotopic (exact) mass is 277 g/mol. The third-order valence-electron chi connectivity index (χ3n) is 3.27. The molecule has 1 unspecified atom stereocenters. The Hall–Kier alpha value is -1.85. The summed E-state index contributed by atoms with van der Waals surface area (Å²) in [6, 6.07) is 0.0652. The molecule has 6 heteroatoms. The van der Waals surface area contributed by atoms with Gasteiger partial charge in [0.25, 0.3) is 0 Å². The van der Waals surface area contributed by atoms with Crippen LogP contribution in [0.2, 0.25) is 0 Å². The maximum atomic E-state index is 12.0. The van der Waals surface area contributed by atoms with Crippen LogP contribution in [0.1, 0.15) is 38.1 Å². The largest absolute Gasteiger partial charge is 0.370 e. The van der Waals surface area contributed by atoms with Crippen molar-refractivity contribution in [2.24, 2.45) is 0 Å². The average molecular weight is 277 g/mol. The highest BCUT2D eigenvalue weighted by atomic mass is 16.2. The number of carbonyl (C=O) groups excluding carboxylic acids is 1. The molecule has 0 aliphatic heterocycles. The van der Waals surface area contributed by atoms with Gasteiger partial charge in [-0.2, -0.15) is 0 Å². The van der Waals surface area contributed by atoms with Crippen molar-refractivity contribution >= 4 is 17.5 Å². The molecule has 1 amide bonds. The molecule has 0 bridgehead atoms. The van der Waals surface area contributed by atoms with Gasteiger partial charge in [0.1, 0.15) is 23.5 Å². The lowest BCUT2D eigenvalue weighted by Crippen LogP contribution is -2.39. The van der Waals surface area contributed by atoms with E-state index in [0.717, 1.165) is 30.8 Å². The zero-order valence-corrected chi connectivity index (χ0v) is 12.6. The number of hydrogen-bond acceptors (Lipinski definition) is 5. The first kappa shape index (κ1) is 14.6. The zero-order chi connectivity index (χ0) is 14.7. The van der Waals surface area contributed by atoms with E-state index >= 15 is 0 Å². The highest BCUT2D eigenvalue weighted by Gasteiger charge is 2.26. The normalized spacial score (nSPS) is 15.6. The first-order valence-corrected chi connectivity index (χ1v) is 7.17. The number of nitrogens with zero attached hydrogens (tertiary/aromatic N) is 2. The van der Waals surface area contributed by atoms with Crippen LogP contribution >= 0.6 is 0 Å². The van der Waals surface area contributed by atoms with Gasteiger partial charge < -0.3 is 16.0 Å². The van der Waals surface area contributed by atoms with E-state index in [-0.39, 0.29) is 11.9 Å². The van der Waals surface area contributed by atoms with Crippen molar-refractivity contribution in [2.45, 2.75) is 52.6 Å². The molecule has 1 aliphatic carbocycles. The van der Waals surface area contributed by atoms with Gasteiger partial charge in [-0.15, -0.1) is 0 Å². The Morgan fingerprint density at radius 1 is 1.30 bits per heavy atom. The van der Waals surface area contributed by atoms with Gasteiger partial charge in [0, 0.05) is 18.2 Å². The van der Waals surface area contributed by atoms with Gasteiger partial charge in [-0.05, 0) is 40.5 Å². The lowest BCUT2D eigenvalue weighted by Gasteiger charge is -2.18. The van der Waals surface area contributed by atoms with Crippen LogP contribution in [0.25, 0.3) is 0 Å². The van der Waals surface area contributed by atoms with Crippen molar-refractivity contribution in [3.05, 3.63) is 11.4 Å². The molecule has 0 spiro atoms. The molecule has 1 saturated carbocycles. The molecule has 1 fully saturated rings. The first-order valence-electron chi connectivity index (χ1n) is 7.17. The first-order chi connectivity index (χ1) is 9.51. The van der Waals surface area contributed by atoms with Crippen molar-refractivity contribution in [3.8, 4) is 0 Å². The molecule has 1 atom stereocenters. The summed E-state index contributed by atoms with van der Waals surface area (Å²) in [5, 5.41) is 9.38. The SMILES string of the molecule is CCNc1nc(C)nc(NC(C)C(=O)NC2CC2)c1C. The minimum Gasteiger partial charge on any atom is -0.370 e. The molecule has 0 aromatic carbocycles. The van der Waals surface area contributed by atoms with Crippen LogP contribution in [-0.4, -0.2) is 34.5 Å². The molecule has 1 aromatic rings. The van der Waals surface area contributed by atoms with Gasteiger partial charge in [-0.3, -0.25) is 4.79 Å². The summed E-state index contributed by atoms with van der Waals surface area (Å²) in [6.45, 7) is 8.47. The summed E-state index contributed by atoms with van der Waals surface area (Å²) in [6.07, 6.45) is 2.18. The van der Waals surface area contributed by atoms with Crippen molar-refractivity contribution in [1.82, 2.24) is 15.3 Å². The number of aryl methyl sites for hydroxylation is 1. The molecule has 2 rings (SSSR count). The molecule has 6 nitrogen and oxygen atoms in total. The Kier molecular flexibility index (Phi) is 4.42. The molecular weight excluding hydrogens is 254 g/mol. The van der Waals surface area contributed by atoms with Crippen LogP contribution in [-0.2, 0) is 4.79 Å². The van der Waals surface area contributed by atoms with Crippen LogP contribution in [0.15, 0.2) is 0 Å². The smallest absolute Gasteiger partial charge is 0.242 e. The predicted octanol–water partition coefficient (Wildman–Crippen LogP) is 1.60. The Labute approximate surface area is 119 Å². The maximum Gasteiger partial charge on any atom is 0.242 e. The molecule has 20 heavy (non-hydrogen) atoms. The lowest BCUT2D eigenvalue weighted by molar-refractivity contribution is -0.121. The number of aromatic nitrogens is 2. The highest BCUT2D eigenvalue weighted by molar-refractivity contribution is 5.84. The molecule has 1 heterocycles. The third-order valence-corrected chi connectivity index (χ3v) is 3.27. The number of amides is 1. The fourth-order valence-corrected chi connectivity index (χ4v) is 1.93. The molecule has 110 valence electrons. The molecule has 0 saturated heterocycles. The third kappa shape index (κ3) is 3.59. The van der Waals surface area contributed by atoms with E-state index in [0.29, 0.717) is 17.7 Å². The minimum atomic E-state index is -0.307. The van der Waals surface area contributed by atoms with E-state index in [9.17, 15) is 4.79 Å². The minimum absolute atomic E-state index is 0.0215. The van der Waals surface area contributed by atoms with Crippen LogP contribution in [0.3, 0.4) is 0 Å². The summed E-state index contributed by atoms with van der Waals surface area (Å²) in [5.41, 5.74) is 0.934. The molecule has 1 aliphatic rings. The van der Waals surface area contributed by atoms with E-state index in [2.05, 4.69) is 25.9 Å². The van der Waals surface area contributed by atoms with Crippen LogP contribution < -0.4 is 16.0 Å². The van der Waals surface area contributed by atoms with E-state index in [1.165, 1.54) is 0 Å². The van der Waals surface area contributed by atoms with Gasteiger partial charge >= 0.3 is 0 Å². The Balaban J connectivity index is 2.08. The number of nitrogens with one attached hydrogen (secondary N) is 3. The number of anilines is 2. The predicted molar refractivity (Wildman–Crippen MR) is 79.9 cm³/mol. The molecular formula is C14H23N5O. The second kappa shape index (κ2) is 6.07. The molecule has 1 aromatic heterocycles. The second-order valence-electron chi connectivity index (χ2n) is 5.27. The van der Waals surface area contributed by atoms with Crippen LogP contribution in [0.4, 0.5) is 11.6 Å². The van der Waals surface area contributed by atoms with Gasteiger partial charge in [-0.25, -0.2) is 9.97 Å². The fraction of sp³-hybridized carbons (Fsp3) is 0.643. The number of carbonyl (C=O) groups is 1. The van der Waals surface area contributed by atoms with Gasteiger partial charge in [0.05, 0.1) is 0 Å². The van der Waals surface area contributed by atoms with E-state index in [1.54, 1.807) is 0 Å². The molecule has 3 N–H and O–H groups in total. The summed E-state index contributed by atoms with van der Waals surface area (Å²) in [5.74, 6) is 2.24. The quantitative estimate of drug-likeness (QED) is 0.736. The molecule has 0 radical (unpaired) electrons. The van der Waals surface area contributed by atoms with Gasteiger partial charge in [0.15, 0.2) is 0 Å². The summed E-state index contributed by atoms with van der Waals surface area (Å²) in [4.78, 5) is 20.7. The summed E-state index contributed by atoms with van der Waals surface area (Å²) < 4.78 is 0. The Morgan fingerprint density at radius 3 is 2.55 bits per heavy atom. The van der Waals surface area contributed by atoms with Gasteiger partial charge in [0.2, 0.25) is 5.91 Å². The van der Waals surface area contributed by atoms with E-state index < -0.39 is 0 Å². The van der Waals surface area contributed by atoms with E-state index in [4.69, 9.17) is 0 Å². The lowest BCUT2D eigenvalue weighted by atomic mass is 10.2. The summed E-state index contributed by atoms with van der Waals surface area (Å²) in [7, 11) is 0. The Morgan fingerprint density at radius 2 is 1.95 bits per heavy atom. The van der Waals surface area contributed by atoms with Crippen molar-refractivity contribution < 1.29 is 4.79 Å². The standard InChI is InChI=1S/C14H23N5O/c1-5-15-12-8(2)13(18-10(4)17-12)16-9(3)14(20)19-11-6-7-11/h9,11H,5-7H2,1-4H3,(H,19,20)(H2,15,16,17,18). The van der Waals surface area contributed by atoms with Gasteiger partial charge in [-0.1, -0.05) is 0 Å². The fourth-order valence-electron chi connectivity index (χ4n) is 1.93. The van der Waals surface area contributed by atoms with E-state index in [1.807, 2.05) is 27.7 Å². The number of hydrogen-bond donors (Lipinski definition) is 3. The van der Waals surface area contributed by atoms with Crippen LogP contribution in [0, 0.1) is 13.8 Å². The van der Waals surface area contributed by atoms with Crippen LogP contribution in [0.5, 0.6) is 0 Å². The maximum absolute atomic E-state index is 12.0. The zero-order valence-electron chi connectivity index (χ0n) is 12.6. The second-order valence-corrected chi connectivity index (χ2v) is 5.27. The van der Waals surface area contributed by atoms with Crippen molar-refractivity contribution in [3.63, 3.8) is 0 Å². The average Bonchev–Trinajstić information content (AvgIpc) is 3.19. The van der Waals surface area contributed by atoms with Crippen molar-refractivity contribution in [2.75, 3.05) is 17.2 Å². The summed E-state index contributed by atoms with van der Waals surface area (Å²) >= 11 is 0.